The third kappa shape index (κ3) is 4.51. The number of pyridine rings is 1. The molecule has 0 amide bonds. The summed E-state index contributed by atoms with van der Waals surface area (Å²) in [6, 6.07) is 17.5. The number of anilines is 1. The summed E-state index contributed by atoms with van der Waals surface area (Å²) in [5, 5.41) is 4.54. The van der Waals surface area contributed by atoms with Gasteiger partial charge in [0, 0.05) is 38.0 Å². The SMILES string of the molecule is O=C(c1ccnc(Cl)c1)C1N(C/C=C/c2ccc(Cl)cc2)c2ccc(I)cc2C12CCNCC2. The number of benzene rings is 2. The molecule has 2 aliphatic heterocycles. The lowest BCUT2D eigenvalue weighted by atomic mass is 9.68. The molecule has 0 radical (unpaired) electrons. The summed E-state index contributed by atoms with van der Waals surface area (Å²) < 4.78 is 1.19. The van der Waals surface area contributed by atoms with E-state index in [1.807, 2.05) is 24.3 Å². The van der Waals surface area contributed by atoms with Crippen LogP contribution in [0.1, 0.15) is 34.3 Å². The maximum Gasteiger partial charge on any atom is 0.186 e. The molecule has 5 rings (SSSR count). The smallest absolute Gasteiger partial charge is 0.186 e. The third-order valence-corrected chi connectivity index (χ3v) is 8.01. The number of Topliss-reactive ketones (excluding diaryl/α,β-unsaturated/α-hetero) is 1. The highest BCUT2D eigenvalue weighted by Crippen LogP contribution is 2.51. The molecule has 1 aromatic heterocycles. The number of carbonyl (C=O) groups is 1. The standard InChI is InChI=1S/C27H24Cl2IN3O/c28-20-5-3-18(4-6-20)2-1-15-33-23-8-7-21(30)17-22(23)27(10-13-31-14-11-27)26(33)25(34)19-9-12-32-24(29)16-19/h1-9,12,16-17,26,31H,10-11,13-15H2/b2-1+. The number of halogens is 3. The summed E-state index contributed by atoms with van der Waals surface area (Å²) in [6.45, 7) is 2.40. The number of aromatic nitrogens is 1. The van der Waals surface area contributed by atoms with E-state index >= 15 is 0 Å². The molecule has 2 aromatic carbocycles. The van der Waals surface area contributed by atoms with Gasteiger partial charge in [0.2, 0.25) is 0 Å². The Morgan fingerprint density at radius 1 is 1.12 bits per heavy atom. The fourth-order valence-electron chi connectivity index (χ4n) is 5.34. The first-order chi connectivity index (χ1) is 16.5. The minimum Gasteiger partial charge on any atom is -0.356 e. The molecule has 1 atom stereocenters. The zero-order chi connectivity index (χ0) is 23.7. The second-order valence-corrected chi connectivity index (χ2v) is 10.9. The van der Waals surface area contributed by atoms with Crippen LogP contribution in [0, 0.1) is 3.57 Å². The van der Waals surface area contributed by atoms with Crippen LogP contribution in [0.4, 0.5) is 5.69 Å². The van der Waals surface area contributed by atoms with Gasteiger partial charge < -0.3 is 10.2 Å². The molecule has 1 unspecified atom stereocenters. The molecule has 3 heterocycles. The van der Waals surface area contributed by atoms with Crippen molar-refractivity contribution in [1.82, 2.24) is 10.3 Å². The molecule has 34 heavy (non-hydrogen) atoms. The molecule has 0 aliphatic carbocycles. The lowest BCUT2D eigenvalue weighted by Crippen LogP contribution is -2.54. The minimum atomic E-state index is -0.309. The molecule has 7 heteroatoms. The molecule has 0 saturated carbocycles. The van der Waals surface area contributed by atoms with Crippen LogP contribution in [0.5, 0.6) is 0 Å². The predicted molar refractivity (Wildman–Crippen MR) is 148 cm³/mol. The van der Waals surface area contributed by atoms with Crippen LogP contribution < -0.4 is 10.2 Å². The number of nitrogens with zero attached hydrogens (tertiary/aromatic N) is 2. The van der Waals surface area contributed by atoms with Crippen LogP contribution in [0.25, 0.3) is 6.08 Å². The van der Waals surface area contributed by atoms with E-state index in [4.69, 9.17) is 23.2 Å². The largest absolute Gasteiger partial charge is 0.356 e. The average Bonchev–Trinajstić information content (AvgIpc) is 3.08. The lowest BCUT2D eigenvalue weighted by Gasteiger charge is -2.41. The average molecular weight is 604 g/mol. The number of ketones is 1. The third-order valence-electron chi connectivity index (χ3n) is 6.88. The molecule has 174 valence electrons. The van der Waals surface area contributed by atoms with Crippen molar-refractivity contribution in [3.8, 4) is 0 Å². The highest BCUT2D eigenvalue weighted by Gasteiger charge is 2.54. The lowest BCUT2D eigenvalue weighted by molar-refractivity contribution is 0.0900. The van der Waals surface area contributed by atoms with Crippen molar-refractivity contribution in [1.29, 1.82) is 0 Å². The number of piperidine rings is 1. The second kappa shape index (κ2) is 9.97. The van der Waals surface area contributed by atoms with Crippen LogP contribution in [0.2, 0.25) is 10.2 Å². The van der Waals surface area contributed by atoms with Gasteiger partial charge in [-0.05, 0) is 102 Å². The normalized spacial score (nSPS) is 19.0. The maximum absolute atomic E-state index is 14.1. The number of hydrogen-bond acceptors (Lipinski definition) is 4. The van der Waals surface area contributed by atoms with Gasteiger partial charge >= 0.3 is 0 Å². The first-order valence-electron chi connectivity index (χ1n) is 11.3. The molecular weight excluding hydrogens is 580 g/mol. The van der Waals surface area contributed by atoms with Crippen molar-refractivity contribution in [3.63, 3.8) is 0 Å². The van der Waals surface area contributed by atoms with Crippen LogP contribution in [-0.2, 0) is 5.41 Å². The Labute approximate surface area is 223 Å². The zero-order valence-corrected chi connectivity index (χ0v) is 22.1. The summed E-state index contributed by atoms with van der Waals surface area (Å²) in [7, 11) is 0. The molecule has 3 aromatic rings. The van der Waals surface area contributed by atoms with Gasteiger partial charge in [0.25, 0.3) is 0 Å². The van der Waals surface area contributed by atoms with E-state index in [1.54, 1.807) is 18.3 Å². The Morgan fingerprint density at radius 2 is 1.88 bits per heavy atom. The number of hydrogen-bond donors (Lipinski definition) is 1. The van der Waals surface area contributed by atoms with Crippen LogP contribution >= 0.6 is 45.8 Å². The summed E-state index contributed by atoms with van der Waals surface area (Å²) in [4.78, 5) is 20.5. The van der Waals surface area contributed by atoms with E-state index in [1.165, 1.54) is 9.13 Å². The van der Waals surface area contributed by atoms with Crippen molar-refractivity contribution in [2.24, 2.45) is 0 Å². The van der Waals surface area contributed by atoms with E-state index in [0.717, 1.165) is 42.2 Å². The van der Waals surface area contributed by atoms with Gasteiger partial charge in [-0.25, -0.2) is 4.98 Å². The maximum atomic E-state index is 14.1. The van der Waals surface area contributed by atoms with Crippen molar-refractivity contribution < 1.29 is 4.79 Å². The van der Waals surface area contributed by atoms with Gasteiger partial charge in [-0.1, -0.05) is 47.5 Å². The molecule has 4 nitrogen and oxygen atoms in total. The summed E-state index contributed by atoms with van der Waals surface area (Å²) in [5.41, 5.74) is 3.85. The van der Waals surface area contributed by atoms with Crippen LogP contribution in [0.3, 0.4) is 0 Å². The number of rotatable bonds is 5. The second-order valence-electron chi connectivity index (χ2n) is 8.81. The molecule has 1 spiro atoms. The highest BCUT2D eigenvalue weighted by molar-refractivity contribution is 14.1. The zero-order valence-electron chi connectivity index (χ0n) is 18.5. The molecule has 1 fully saturated rings. The van der Waals surface area contributed by atoms with E-state index in [-0.39, 0.29) is 17.2 Å². The minimum absolute atomic E-state index is 0.0947. The summed E-state index contributed by atoms with van der Waals surface area (Å²) in [5.74, 6) is 0.0947. The quantitative estimate of drug-likeness (QED) is 0.208. The van der Waals surface area contributed by atoms with E-state index < -0.39 is 0 Å². The van der Waals surface area contributed by atoms with Crippen LogP contribution in [-0.4, -0.2) is 36.4 Å². The Morgan fingerprint density at radius 3 is 2.62 bits per heavy atom. The van der Waals surface area contributed by atoms with E-state index in [9.17, 15) is 4.79 Å². The van der Waals surface area contributed by atoms with Gasteiger partial charge in [0.1, 0.15) is 11.2 Å². The number of nitrogens with one attached hydrogen (secondary N) is 1. The first-order valence-corrected chi connectivity index (χ1v) is 13.2. The van der Waals surface area contributed by atoms with Crippen molar-refractivity contribution >= 4 is 63.3 Å². The van der Waals surface area contributed by atoms with Gasteiger partial charge in [-0.15, -0.1) is 0 Å². The Kier molecular flexibility index (Phi) is 6.98. The molecule has 1 saturated heterocycles. The Hall–Kier alpha value is -1.93. The Bertz CT molecular complexity index is 1240. The van der Waals surface area contributed by atoms with Gasteiger partial charge in [0.15, 0.2) is 5.78 Å². The number of fused-ring (bicyclic) bond motifs is 2. The molecule has 1 N–H and O–H groups in total. The fourth-order valence-corrected chi connectivity index (χ4v) is 6.14. The van der Waals surface area contributed by atoms with Gasteiger partial charge in [0.05, 0.1) is 0 Å². The summed E-state index contributed by atoms with van der Waals surface area (Å²) >= 11 is 14.6. The predicted octanol–water partition coefficient (Wildman–Crippen LogP) is 6.40. The van der Waals surface area contributed by atoms with Crippen LogP contribution in [0.15, 0.2) is 66.9 Å². The van der Waals surface area contributed by atoms with Crippen molar-refractivity contribution in [2.45, 2.75) is 24.3 Å². The van der Waals surface area contributed by atoms with E-state index in [2.05, 4.69) is 68.1 Å². The summed E-state index contributed by atoms with van der Waals surface area (Å²) in [6.07, 6.45) is 7.64. The first kappa shape index (κ1) is 23.8. The molecular formula is C27H24Cl2IN3O. The molecule has 0 bridgehead atoms. The Balaban J connectivity index is 1.57. The monoisotopic (exact) mass is 603 g/mol. The van der Waals surface area contributed by atoms with E-state index in [0.29, 0.717) is 17.3 Å². The highest BCUT2D eigenvalue weighted by atomic mass is 127. The molecule has 2 aliphatic rings. The van der Waals surface area contributed by atoms with Gasteiger partial charge in [-0.3, -0.25) is 4.79 Å². The van der Waals surface area contributed by atoms with Gasteiger partial charge in [-0.2, -0.15) is 0 Å². The number of carbonyl (C=O) groups excluding carboxylic acids is 1. The topological polar surface area (TPSA) is 45.2 Å². The van der Waals surface area contributed by atoms with Crippen molar-refractivity contribution in [2.75, 3.05) is 24.5 Å². The fraction of sp³-hybridized carbons (Fsp3) is 0.259. The van der Waals surface area contributed by atoms with Crippen molar-refractivity contribution in [3.05, 3.63) is 97.3 Å².